The minimum atomic E-state index is -3.40. The van der Waals surface area contributed by atoms with Crippen LogP contribution in [-0.4, -0.2) is 44.1 Å². The Labute approximate surface area is 94.0 Å². The first-order valence-electron chi connectivity index (χ1n) is 5.03. The van der Waals surface area contributed by atoms with E-state index in [-0.39, 0.29) is 6.54 Å². The summed E-state index contributed by atoms with van der Waals surface area (Å²) in [5.74, 6) is 0.499. The molecule has 1 aromatic heterocycles. The molecule has 8 heteroatoms. The summed E-state index contributed by atoms with van der Waals surface area (Å²) < 4.78 is 32.3. The van der Waals surface area contributed by atoms with Gasteiger partial charge < -0.3 is 9.84 Å². The van der Waals surface area contributed by atoms with E-state index in [9.17, 15) is 8.42 Å². The number of rotatable bonds is 4. The van der Waals surface area contributed by atoms with Gasteiger partial charge in [-0.15, -0.1) is 0 Å². The molecule has 0 saturated carbocycles. The topological polar surface area (TPSA) is 87.5 Å². The molecule has 0 bridgehead atoms. The fraction of sp³-hybridized carbons (Fsp3) is 0.625. The molecule has 1 aliphatic rings. The van der Waals surface area contributed by atoms with Crippen molar-refractivity contribution < 1.29 is 12.9 Å². The molecule has 2 heterocycles. The molecule has 0 aliphatic carbocycles. The Morgan fingerprint density at radius 1 is 1.50 bits per heavy atom. The lowest BCUT2D eigenvalue weighted by Gasteiger charge is -2.26. The van der Waals surface area contributed by atoms with Gasteiger partial charge >= 0.3 is 0 Å². The van der Waals surface area contributed by atoms with Crippen LogP contribution >= 0.6 is 0 Å². The summed E-state index contributed by atoms with van der Waals surface area (Å²) in [6.45, 7) is 2.48. The van der Waals surface area contributed by atoms with Gasteiger partial charge in [0.2, 0.25) is 0 Å². The van der Waals surface area contributed by atoms with Gasteiger partial charge in [-0.1, -0.05) is 5.16 Å². The monoisotopic (exact) mass is 246 g/mol. The van der Waals surface area contributed by atoms with Gasteiger partial charge in [-0.05, 0) is 0 Å². The molecule has 0 unspecified atom stereocenters. The van der Waals surface area contributed by atoms with E-state index in [1.54, 1.807) is 6.07 Å². The first-order chi connectivity index (χ1) is 7.68. The second-order valence-corrected chi connectivity index (χ2v) is 5.21. The van der Waals surface area contributed by atoms with E-state index >= 15 is 0 Å². The number of hydrogen-bond donors (Lipinski definition) is 2. The van der Waals surface area contributed by atoms with Crippen LogP contribution < -0.4 is 10.0 Å². The zero-order chi connectivity index (χ0) is 11.4. The molecule has 2 N–H and O–H groups in total. The Morgan fingerprint density at radius 3 is 2.88 bits per heavy atom. The van der Waals surface area contributed by atoms with Crippen molar-refractivity contribution in [2.45, 2.75) is 6.54 Å². The number of nitrogens with one attached hydrogen (secondary N) is 2. The number of nitrogens with zero attached hydrogens (tertiary/aromatic N) is 2. The Kier molecular flexibility index (Phi) is 3.54. The lowest BCUT2D eigenvalue weighted by molar-refractivity contribution is 0.348. The van der Waals surface area contributed by atoms with Gasteiger partial charge in [-0.25, -0.2) is 0 Å². The van der Waals surface area contributed by atoms with Crippen LogP contribution in [0.2, 0.25) is 0 Å². The summed E-state index contributed by atoms with van der Waals surface area (Å²) in [6, 6.07) is 1.63. The van der Waals surface area contributed by atoms with E-state index in [0.717, 1.165) is 0 Å². The van der Waals surface area contributed by atoms with Crippen LogP contribution in [0.1, 0.15) is 5.76 Å². The van der Waals surface area contributed by atoms with Crippen molar-refractivity contribution in [3.05, 3.63) is 18.0 Å². The molecule has 0 atom stereocenters. The van der Waals surface area contributed by atoms with Crippen molar-refractivity contribution >= 4 is 10.2 Å². The first-order valence-corrected chi connectivity index (χ1v) is 6.47. The van der Waals surface area contributed by atoms with Crippen molar-refractivity contribution in [1.29, 1.82) is 0 Å². The molecule has 1 fully saturated rings. The van der Waals surface area contributed by atoms with Gasteiger partial charge in [0.25, 0.3) is 10.2 Å². The Balaban J connectivity index is 1.91. The van der Waals surface area contributed by atoms with Crippen LogP contribution in [0.3, 0.4) is 0 Å². The van der Waals surface area contributed by atoms with Gasteiger partial charge in [0, 0.05) is 32.2 Å². The second-order valence-electron chi connectivity index (χ2n) is 3.45. The van der Waals surface area contributed by atoms with Crippen molar-refractivity contribution in [3.63, 3.8) is 0 Å². The summed E-state index contributed by atoms with van der Waals surface area (Å²) in [7, 11) is -3.40. The summed E-state index contributed by atoms with van der Waals surface area (Å²) in [5, 5.41) is 6.60. The normalized spacial score (nSPS) is 18.8. The van der Waals surface area contributed by atoms with Gasteiger partial charge in [-0.3, -0.25) is 0 Å². The highest BCUT2D eigenvalue weighted by Gasteiger charge is 2.23. The van der Waals surface area contributed by atoms with Crippen molar-refractivity contribution in [2.24, 2.45) is 0 Å². The summed E-state index contributed by atoms with van der Waals surface area (Å²) in [6.07, 6.45) is 1.48. The third-order valence-corrected chi connectivity index (χ3v) is 3.89. The maximum atomic E-state index is 11.8. The smallest absolute Gasteiger partial charge is 0.279 e. The van der Waals surface area contributed by atoms with E-state index in [1.807, 2.05) is 0 Å². The van der Waals surface area contributed by atoms with E-state index in [2.05, 4.69) is 15.2 Å². The standard InChI is InChI=1S/C8H14N4O3S/c13-16(14,12-5-3-9-4-6-12)11-7-8-1-2-10-15-8/h1-2,9,11H,3-7H2. The molecule has 90 valence electrons. The van der Waals surface area contributed by atoms with E-state index in [1.165, 1.54) is 10.5 Å². The van der Waals surface area contributed by atoms with Gasteiger partial charge in [0.15, 0.2) is 5.76 Å². The number of piperazine rings is 1. The molecular weight excluding hydrogens is 232 g/mol. The third kappa shape index (κ3) is 2.79. The first kappa shape index (κ1) is 11.5. The molecule has 16 heavy (non-hydrogen) atoms. The van der Waals surface area contributed by atoms with E-state index in [0.29, 0.717) is 31.9 Å². The summed E-state index contributed by atoms with van der Waals surface area (Å²) in [5.41, 5.74) is 0. The van der Waals surface area contributed by atoms with Crippen LogP contribution in [-0.2, 0) is 16.8 Å². The fourth-order valence-electron chi connectivity index (χ4n) is 1.47. The van der Waals surface area contributed by atoms with Gasteiger partial charge in [0.1, 0.15) is 0 Å². The van der Waals surface area contributed by atoms with Crippen LogP contribution in [0, 0.1) is 0 Å². The lowest BCUT2D eigenvalue weighted by Crippen LogP contribution is -2.50. The van der Waals surface area contributed by atoms with Crippen molar-refractivity contribution in [1.82, 2.24) is 19.5 Å². The van der Waals surface area contributed by atoms with E-state index < -0.39 is 10.2 Å². The molecule has 0 aromatic carbocycles. The minimum absolute atomic E-state index is 0.131. The number of hydrogen-bond acceptors (Lipinski definition) is 5. The highest BCUT2D eigenvalue weighted by Crippen LogP contribution is 2.02. The lowest BCUT2D eigenvalue weighted by atomic mass is 10.4. The molecule has 0 amide bonds. The molecule has 1 saturated heterocycles. The SMILES string of the molecule is O=S(=O)(NCc1ccno1)N1CCNCC1. The summed E-state index contributed by atoms with van der Waals surface area (Å²) >= 11 is 0. The second kappa shape index (κ2) is 4.91. The van der Waals surface area contributed by atoms with Crippen molar-refractivity contribution in [2.75, 3.05) is 26.2 Å². The Hall–Kier alpha value is -0.960. The van der Waals surface area contributed by atoms with Crippen LogP contribution in [0.4, 0.5) is 0 Å². The van der Waals surface area contributed by atoms with E-state index in [4.69, 9.17) is 4.52 Å². The summed E-state index contributed by atoms with van der Waals surface area (Å²) in [4.78, 5) is 0. The number of aromatic nitrogens is 1. The Morgan fingerprint density at radius 2 is 2.25 bits per heavy atom. The zero-order valence-corrected chi connectivity index (χ0v) is 9.53. The quantitative estimate of drug-likeness (QED) is 0.705. The molecule has 2 rings (SSSR count). The minimum Gasteiger partial charge on any atom is -0.360 e. The average molecular weight is 246 g/mol. The largest absolute Gasteiger partial charge is 0.360 e. The predicted octanol–water partition coefficient (Wildman–Crippen LogP) is -1.09. The Bertz CT molecular complexity index is 411. The molecule has 0 radical (unpaired) electrons. The fourth-order valence-corrected chi connectivity index (χ4v) is 2.64. The predicted molar refractivity (Wildman–Crippen MR) is 56.7 cm³/mol. The maximum absolute atomic E-state index is 11.8. The van der Waals surface area contributed by atoms with Crippen LogP contribution in [0.15, 0.2) is 16.8 Å². The maximum Gasteiger partial charge on any atom is 0.279 e. The zero-order valence-electron chi connectivity index (χ0n) is 8.72. The third-order valence-electron chi connectivity index (χ3n) is 2.34. The molecule has 0 spiro atoms. The highest BCUT2D eigenvalue weighted by atomic mass is 32.2. The molecule has 7 nitrogen and oxygen atoms in total. The average Bonchev–Trinajstić information content (AvgIpc) is 2.81. The van der Waals surface area contributed by atoms with Crippen LogP contribution in [0.25, 0.3) is 0 Å². The molecule has 1 aliphatic heterocycles. The van der Waals surface area contributed by atoms with Crippen molar-refractivity contribution in [3.8, 4) is 0 Å². The molecule has 1 aromatic rings. The van der Waals surface area contributed by atoms with Crippen LogP contribution in [0.5, 0.6) is 0 Å². The van der Waals surface area contributed by atoms with Gasteiger partial charge in [0.05, 0.1) is 12.7 Å². The van der Waals surface area contributed by atoms with Gasteiger partial charge in [-0.2, -0.15) is 17.4 Å². The highest BCUT2D eigenvalue weighted by molar-refractivity contribution is 7.87. The molecular formula is C8H14N4O3S.